The van der Waals surface area contributed by atoms with Crippen molar-refractivity contribution < 1.29 is 17.9 Å². The Bertz CT molecular complexity index is 1130. The number of benzene rings is 2. The van der Waals surface area contributed by atoms with E-state index < -0.39 is 15.9 Å². The molecule has 0 fully saturated rings. The van der Waals surface area contributed by atoms with Crippen LogP contribution in [0.2, 0.25) is 0 Å². The summed E-state index contributed by atoms with van der Waals surface area (Å²) < 4.78 is 40.9. The lowest BCUT2D eigenvalue weighted by molar-refractivity contribution is -0.116. The van der Waals surface area contributed by atoms with Crippen LogP contribution in [0.1, 0.15) is 11.1 Å². The van der Waals surface area contributed by atoms with Gasteiger partial charge in [-0.15, -0.1) is 0 Å². The number of fused-ring (bicyclic) bond motifs is 1. The third-order valence-electron chi connectivity index (χ3n) is 4.61. The highest BCUT2D eigenvalue weighted by Crippen LogP contribution is 2.24. The summed E-state index contributed by atoms with van der Waals surface area (Å²) in [6.07, 6.45) is 0. The van der Waals surface area contributed by atoms with Crippen LogP contribution in [0.5, 0.6) is 0 Å². The van der Waals surface area contributed by atoms with E-state index in [1.807, 2.05) is 26.0 Å². The van der Waals surface area contributed by atoms with Gasteiger partial charge in [0.25, 0.3) is 0 Å². The van der Waals surface area contributed by atoms with Crippen LogP contribution in [-0.4, -0.2) is 54.2 Å². The topological polar surface area (TPSA) is 101 Å². The van der Waals surface area contributed by atoms with Gasteiger partial charge in [-0.25, -0.2) is 8.42 Å². The Balaban J connectivity index is 1.88. The van der Waals surface area contributed by atoms with Gasteiger partial charge in [-0.3, -0.25) is 4.79 Å². The van der Waals surface area contributed by atoms with Gasteiger partial charge in [0.05, 0.1) is 24.9 Å². The highest BCUT2D eigenvalue weighted by molar-refractivity contribution is 7.89. The second kappa shape index (κ2) is 8.95. The van der Waals surface area contributed by atoms with Crippen molar-refractivity contribution in [2.24, 2.45) is 0 Å². The molecule has 0 unspecified atom stereocenters. The van der Waals surface area contributed by atoms with E-state index in [0.717, 1.165) is 27.2 Å². The Hall–Kier alpha value is -2.40. The minimum absolute atomic E-state index is 0.0272. The number of carbonyl (C=O) groups is 1. The van der Waals surface area contributed by atoms with Gasteiger partial charge in [0.1, 0.15) is 15.9 Å². The lowest BCUT2D eigenvalue weighted by Gasteiger charge is -2.22. The van der Waals surface area contributed by atoms with Gasteiger partial charge >= 0.3 is 0 Å². The highest BCUT2D eigenvalue weighted by atomic mass is 32.2. The molecule has 154 valence electrons. The maximum atomic E-state index is 13.3. The number of amides is 1. The third-order valence-corrected chi connectivity index (χ3v) is 7.03. The zero-order valence-electron chi connectivity index (χ0n) is 16.4. The van der Waals surface area contributed by atoms with E-state index in [2.05, 4.69) is 14.1 Å². The number of ether oxygens (including phenoxy) is 1. The summed E-state index contributed by atoms with van der Waals surface area (Å²) in [4.78, 5) is 12.7. The van der Waals surface area contributed by atoms with Gasteiger partial charge in [0.15, 0.2) is 0 Å². The number of aromatic nitrogens is 2. The Morgan fingerprint density at radius 3 is 2.69 bits per heavy atom. The molecule has 0 atom stereocenters. The zero-order chi connectivity index (χ0) is 21.0. The van der Waals surface area contributed by atoms with Gasteiger partial charge in [0, 0.05) is 19.3 Å². The Morgan fingerprint density at radius 1 is 1.17 bits per heavy atom. The van der Waals surface area contributed by atoms with Crippen LogP contribution in [-0.2, 0) is 19.6 Å². The molecule has 0 radical (unpaired) electrons. The summed E-state index contributed by atoms with van der Waals surface area (Å²) in [7, 11) is -2.50. The summed E-state index contributed by atoms with van der Waals surface area (Å²) in [6.45, 7) is 3.70. The molecule has 29 heavy (non-hydrogen) atoms. The van der Waals surface area contributed by atoms with Crippen LogP contribution in [0, 0.1) is 13.8 Å². The minimum atomic E-state index is -3.98. The van der Waals surface area contributed by atoms with Crippen LogP contribution in [0.3, 0.4) is 0 Å². The predicted molar refractivity (Wildman–Crippen MR) is 113 cm³/mol. The second-order valence-electron chi connectivity index (χ2n) is 6.52. The fourth-order valence-corrected chi connectivity index (χ4v) is 4.98. The molecule has 1 N–H and O–H groups in total. The normalized spacial score (nSPS) is 11.9. The number of rotatable bonds is 8. The lowest BCUT2D eigenvalue weighted by Crippen LogP contribution is -2.40. The third kappa shape index (κ3) is 4.61. The van der Waals surface area contributed by atoms with Gasteiger partial charge < -0.3 is 10.1 Å². The standard InChI is InChI=1S/C19H22N4O4S2/c1-13-6-4-7-15(14(13)2)20-18(24)12-23(10-11-27-3)29(25,26)17-9-5-8-16-19(17)22-28-21-16/h4-9H,10-12H2,1-3H3,(H,20,24). The number of methoxy groups -OCH3 is 1. The lowest BCUT2D eigenvalue weighted by atomic mass is 10.1. The number of carbonyl (C=O) groups excluding carboxylic acids is 1. The van der Waals surface area contributed by atoms with E-state index in [4.69, 9.17) is 4.74 Å². The molecular weight excluding hydrogens is 412 g/mol. The first-order valence-corrected chi connectivity index (χ1v) is 11.1. The van der Waals surface area contributed by atoms with E-state index in [1.165, 1.54) is 13.2 Å². The van der Waals surface area contributed by atoms with Crippen molar-refractivity contribution >= 4 is 44.4 Å². The van der Waals surface area contributed by atoms with Gasteiger partial charge in [-0.05, 0) is 43.2 Å². The van der Waals surface area contributed by atoms with Gasteiger partial charge in [-0.2, -0.15) is 13.1 Å². The van der Waals surface area contributed by atoms with E-state index in [1.54, 1.807) is 18.2 Å². The van der Waals surface area contributed by atoms with Gasteiger partial charge in [-0.1, -0.05) is 18.2 Å². The molecule has 0 aliphatic heterocycles. The Morgan fingerprint density at radius 2 is 1.93 bits per heavy atom. The van der Waals surface area contributed by atoms with E-state index in [0.29, 0.717) is 16.7 Å². The van der Waals surface area contributed by atoms with E-state index in [9.17, 15) is 13.2 Å². The maximum Gasteiger partial charge on any atom is 0.245 e. The first-order chi connectivity index (χ1) is 13.8. The predicted octanol–water partition coefficient (Wildman–Crippen LogP) is 2.58. The van der Waals surface area contributed by atoms with Crippen LogP contribution < -0.4 is 5.32 Å². The molecule has 3 aromatic rings. The molecule has 1 amide bonds. The number of nitrogens with zero attached hydrogens (tertiary/aromatic N) is 3. The first kappa shape index (κ1) is 21.3. The molecular formula is C19H22N4O4S2. The fourth-order valence-electron chi connectivity index (χ4n) is 2.84. The molecule has 0 saturated carbocycles. The second-order valence-corrected chi connectivity index (χ2v) is 8.95. The average molecular weight is 435 g/mol. The van der Waals surface area contributed by atoms with Crippen molar-refractivity contribution in [2.75, 3.05) is 32.1 Å². The van der Waals surface area contributed by atoms with Crippen molar-refractivity contribution in [2.45, 2.75) is 18.7 Å². The average Bonchev–Trinajstić information content (AvgIpc) is 3.17. The molecule has 8 nitrogen and oxygen atoms in total. The molecule has 1 heterocycles. The summed E-state index contributed by atoms with van der Waals surface area (Å²) in [6, 6.07) is 10.4. The maximum absolute atomic E-state index is 13.3. The molecule has 0 spiro atoms. The smallest absolute Gasteiger partial charge is 0.245 e. The Kier molecular flexibility index (Phi) is 6.58. The van der Waals surface area contributed by atoms with Crippen molar-refractivity contribution in [1.29, 1.82) is 0 Å². The summed E-state index contributed by atoms with van der Waals surface area (Å²) in [5.41, 5.74) is 3.43. The monoisotopic (exact) mass is 434 g/mol. The molecule has 0 saturated heterocycles. The van der Waals surface area contributed by atoms with Crippen molar-refractivity contribution in [3.63, 3.8) is 0 Å². The molecule has 10 heteroatoms. The summed E-state index contributed by atoms with van der Waals surface area (Å²) in [5, 5.41) is 2.80. The van der Waals surface area contributed by atoms with Crippen molar-refractivity contribution in [1.82, 2.24) is 13.1 Å². The molecule has 3 rings (SSSR count). The van der Waals surface area contributed by atoms with E-state index >= 15 is 0 Å². The highest BCUT2D eigenvalue weighted by Gasteiger charge is 2.29. The van der Waals surface area contributed by atoms with Crippen LogP contribution in [0.25, 0.3) is 11.0 Å². The molecule has 1 aromatic heterocycles. The first-order valence-electron chi connectivity index (χ1n) is 8.91. The zero-order valence-corrected chi connectivity index (χ0v) is 18.0. The van der Waals surface area contributed by atoms with Gasteiger partial charge in [0.2, 0.25) is 15.9 Å². The molecule has 0 aliphatic rings. The van der Waals surface area contributed by atoms with Crippen LogP contribution >= 0.6 is 11.7 Å². The fraction of sp³-hybridized carbons (Fsp3) is 0.316. The van der Waals surface area contributed by atoms with Crippen LogP contribution in [0.4, 0.5) is 5.69 Å². The molecule has 0 aliphatic carbocycles. The minimum Gasteiger partial charge on any atom is -0.383 e. The number of aryl methyl sites for hydroxylation is 1. The van der Waals surface area contributed by atoms with Crippen LogP contribution in [0.15, 0.2) is 41.3 Å². The number of hydrogen-bond donors (Lipinski definition) is 1. The number of sulfonamides is 1. The quantitative estimate of drug-likeness (QED) is 0.585. The number of anilines is 1. The SMILES string of the molecule is COCCN(CC(=O)Nc1cccc(C)c1C)S(=O)(=O)c1cccc2nsnc12. The summed E-state index contributed by atoms with van der Waals surface area (Å²) in [5.74, 6) is -0.429. The molecule has 2 aromatic carbocycles. The van der Waals surface area contributed by atoms with E-state index in [-0.39, 0.29) is 24.6 Å². The molecule has 0 bridgehead atoms. The Labute approximate surface area is 173 Å². The number of nitrogens with one attached hydrogen (secondary N) is 1. The van der Waals surface area contributed by atoms with Crippen molar-refractivity contribution in [3.05, 3.63) is 47.5 Å². The largest absolute Gasteiger partial charge is 0.383 e. The van der Waals surface area contributed by atoms with Crippen molar-refractivity contribution in [3.8, 4) is 0 Å². The number of hydrogen-bond acceptors (Lipinski definition) is 7. The summed E-state index contributed by atoms with van der Waals surface area (Å²) >= 11 is 0.944.